The van der Waals surface area contributed by atoms with E-state index in [4.69, 9.17) is 5.84 Å². The van der Waals surface area contributed by atoms with E-state index in [2.05, 4.69) is 36.6 Å². The molecule has 0 aliphatic carbocycles. The molecule has 0 saturated heterocycles. The van der Waals surface area contributed by atoms with E-state index in [9.17, 15) is 4.39 Å². The first kappa shape index (κ1) is 14.7. The van der Waals surface area contributed by atoms with Gasteiger partial charge in [-0.05, 0) is 49.4 Å². The Bertz CT molecular complexity index is 520. The maximum atomic E-state index is 12.9. The van der Waals surface area contributed by atoms with Gasteiger partial charge < -0.3 is 0 Å². The van der Waals surface area contributed by atoms with Crippen LogP contribution in [0.1, 0.15) is 23.1 Å². The van der Waals surface area contributed by atoms with E-state index in [1.54, 1.807) is 0 Å². The van der Waals surface area contributed by atoms with E-state index in [0.29, 0.717) is 0 Å². The van der Waals surface area contributed by atoms with E-state index < -0.39 is 0 Å². The highest BCUT2D eigenvalue weighted by Gasteiger charge is 2.08. The van der Waals surface area contributed by atoms with E-state index in [1.165, 1.54) is 23.3 Å². The number of rotatable bonds is 6. The summed E-state index contributed by atoms with van der Waals surface area (Å²) >= 11 is 0. The monoisotopic (exact) mass is 272 g/mol. The molecule has 2 nitrogen and oxygen atoms in total. The molecule has 0 saturated carbocycles. The van der Waals surface area contributed by atoms with Crippen LogP contribution in [-0.2, 0) is 12.8 Å². The Morgan fingerprint density at radius 1 is 1.00 bits per heavy atom. The summed E-state index contributed by atoms with van der Waals surface area (Å²) in [6, 6.07) is 15.4. The lowest BCUT2D eigenvalue weighted by Gasteiger charge is -2.16. The molecule has 2 aromatic rings. The summed E-state index contributed by atoms with van der Waals surface area (Å²) in [5.74, 6) is 5.41. The van der Waals surface area contributed by atoms with Crippen molar-refractivity contribution in [1.29, 1.82) is 0 Å². The third kappa shape index (κ3) is 4.44. The van der Waals surface area contributed by atoms with Crippen molar-refractivity contribution in [3.63, 3.8) is 0 Å². The van der Waals surface area contributed by atoms with Crippen molar-refractivity contribution in [3.05, 3.63) is 71.0 Å². The molecular formula is C17H21FN2. The zero-order valence-corrected chi connectivity index (χ0v) is 11.8. The normalized spacial score (nSPS) is 12.3. The number of halogens is 1. The number of benzene rings is 2. The molecule has 2 rings (SSSR count). The molecule has 0 aromatic heterocycles. The van der Waals surface area contributed by atoms with Crippen molar-refractivity contribution < 1.29 is 4.39 Å². The van der Waals surface area contributed by atoms with E-state index in [0.717, 1.165) is 24.8 Å². The largest absolute Gasteiger partial charge is 0.271 e. The fraction of sp³-hybridized carbons (Fsp3) is 0.294. The molecule has 0 spiro atoms. The highest BCUT2D eigenvalue weighted by molar-refractivity contribution is 5.22. The van der Waals surface area contributed by atoms with Gasteiger partial charge in [0.2, 0.25) is 0 Å². The summed E-state index contributed by atoms with van der Waals surface area (Å²) < 4.78 is 12.9. The standard InChI is InChI=1S/C17H21FN2/c1-13-2-4-14(5-3-13)8-11-17(20-19)12-15-6-9-16(18)10-7-15/h2-7,9-10,17,20H,8,11-12,19H2,1H3. The molecule has 3 N–H and O–H groups in total. The molecule has 0 radical (unpaired) electrons. The summed E-state index contributed by atoms with van der Waals surface area (Å²) in [7, 11) is 0. The van der Waals surface area contributed by atoms with Crippen molar-refractivity contribution in [1.82, 2.24) is 5.43 Å². The molecule has 1 atom stereocenters. The third-order valence-corrected chi connectivity index (χ3v) is 3.53. The van der Waals surface area contributed by atoms with Crippen LogP contribution in [0.4, 0.5) is 4.39 Å². The second kappa shape index (κ2) is 7.17. The molecule has 0 aliphatic rings. The second-order valence-corrected chi connectivity index (χ2v) is 5.22. The van der Waals surface area contributed by atoms with Crippen molar-refractivity contribution >= 4 is 0 Å². The summed E-state index contributed by atoms with van der Waals surface area (Å²) in [6.07, 6.45) is 2.75. The Morgan fingerprint density at radius 3 is 2.20 bits per heavy atom. The average Bonchev–Trinajstić information content (AvgIpc) is 2.47. The van der Waals surface area contributed by atoms with Crippen LogP contribution in [0.25, 0.3) is 0 Å². The quantitative estimate of drug-likeness (QED) is 0.626. The lowest BCUT2D eigenvalue weighted by Crippen LogP contribution is -2.37. The maximum Gasteiger partial charge on any atom is 0.123 e. The van der Waals surface area contributed by atoms with Gasteiger partial charge in [0, 0.05) is 6.04 Å². The molecule has 0 amide bonds. The fourth-order valence-corrected chi connectivity index (χ4v) is 2.24. The number of hydrogen-bond acceptors (Lipinski definition) is 2. The Labute approximate surface area is 119 Å². The van der Waals surface area contributed by atoms with Gasteiger partial charge in [-0.1, -0.05) is 42.0 Å². The van der Waals surface area contributed by atoms with E-state index in [1.807, 2.05) is 12.1 Å². The molecule has 0 heterocycles. The third-order valence-electron chi connectivity index (χ3n) is 3.53. The first-order chi connectivity index (χ1) is 9.67. The molecule has 0 fully saturated rings. The number of nitrogens with two attached hydrogens (primary N) is 1. The first-order valence-corrected chi connectivity index (χ1v) is 6.93. The van der Waals surface area contributed by atoms with Crippen molar-refractivity contribution in [2.75, 3.05) is 0 Å². The fourth-order valence-electron chi connectivity index (χ4n) is 2.24. The van der Waals surface area contributed by atoms with Crippen LogP contribution in [0.5, 0.6) is 0 Å². The minimum absolute atomic E-state index is 0.196. The molecule has 1 unspecified atom stereocenters. The zero-order valence-electron chi connectivity index (χ0n) is 11.8. The van der Waals surface area contributed by atoms with Crippen LogP contribution < -0.4 is 11.3 Å². The highest BCUT2D eigenvalue weighted by atomic mass is 19.1. The van der Waals surface area contributed by atoms with Crippen molar-refractivity contribution in [2.45, 2.75) is 32.2 Å². The zero-order chi connectivity index (χ0) is 14.4. The Kier molecular flexibility index (Phi) is 5.27. The minimum atomic E-state index is -0.203. The molecule has 3 heteroatoms. The maximum absolute atomic E-state index is 12.9. The summed E-state index contributed by atoms with van der Waals surface area (Å²) in [5, 5.41) is 0. The lowest BCUT2D eigenvalue weighted by atomic mass is 9.99. The molecule has 20 heavy (non-hydrogen) atoms. The Morgan fingerprint density at radius 2 is 1.60 bits per heavy atom. The molecular weight excluding hydrogens is 251 g/mol. The number of hydrogen-bond donors (Lipinski definition) is 2. The molecule has 2 aromatic carbocycles. The van der Waals surface area contributed by atoms with Crippen molar-refractivity contribution in [3.8, 4) is 0 Å². The van der Waals surface area contributed by atoms with Crippen LogP contribution >= 0.6 is 0 Å². The topological polar surface area (TPSA) is 38.0 Å². The minimum Gasteiger partial charge on any atom is -0.271 e. The Balaban J connectivity index is 1.88. The van der Waals surface area contributed by atoms with Crippen LogP contribution in [-0.4, -0.2) is 6.04 Å². The van der Waals surface area contributed by atoms with Gasteiger partial charge in [-0.15, -0.1) is 0 Å². The predicted octanol–water partition coefficient (Wildman–Crippen LogP) is 3.14. The smallest absolute Gasteiger partial charge is 0.123 e. The van der Waals surface area contributed by atoms with Crippen LogP contribution in [0.2, 0.25) is 0 Å². The summed E-state index contributed by atoms with van der Waals surface area (Å²) in [5.41, 5.74) is 6.54. The van der Waals surface area contributed by atoms with Gasteiger partial charge in [-0.25, -0.2) is 4.39 Å². The van der Waals surface area contributed by atoms with Gasteiger partial charge in [0.15, 0.2) is 0 Å². The van der Waals surface area contributed by atoms with Crippen LogP contribution in [0.3, 0.4) is 0 Å². The van der Waals surface area contributed by atoms with Gasteiger partial charge in [-0.3, -0.25) is 11.3 Å². The average molecular weight is 272 g/mol. The van der Waals surface area contributed by atoms with Crippen LogP contribution in [0.15, 0.2) is 48.5 Å². The highest BCUT2D eigenvalue weighted by Crippen LogP contribution is 2.11. The summed E-state index contributed by atoms with van der Waals surface area (Å²) in [4.78, 5) is 0. The molecule has 106 valence electrons. The molecule has 0 aliphatic heterocycles. The summed E-state index contributed by atoms with van der Waals surface area (Å²) in [6.45, 7) is 2.09. The van der Waals surface area contributed by atoms with Crippen molar-refractivity contribution in [2.24, 2.45) is 5.84 Å². The van der Waals surface area contributed by atoms with Gasteiger partial charge in [0.1, 0.15) is 5.82 Å². The lowest BCUT2D eigenvalue weighted by molar-refractivity contribution is 0.491. The van der Waals surface area contributed by atoms with E-state index >= 15 is 0 Å². The van der Waals surface area contributed by atoms with Gasteiger partial charge in [-0.2, -0.15) is 0 Å². The Hall–Kier alpha value is -1.71. The SMILES string of the molecule is Cc1ccc(CCC(Cc2ccc(F)cc2)NN)cc1. The van der Waals surface area contributed by atoms with E-state index in [-0.39, 0.29) is 11.9 Å². The number of aryl methyl sites for hydroxylation is 2. The van der Waals surface area contributed by atoms with Gasteiger partial charge in [0.25, 0.3) is 0 Å². The van der Waals surface area contributed by atoms with Crippen LogP contribution in [0, 0.1) is 12.7 Å². The van der Waals surface area contributed by atoms with Gasteiger partial charge in [0.05, 0.1) is 0 Å². The second-order valence-electron chi connectivity index (χ2n) is 5.22. The first-order valence-electron chi connectivity index (χ1n) is 6.93. The molecule has 0 bridgehead atoms. The predicted molar refractivity (Wildman–Crippen MR) is 80.7 cm³/mol. The number of hydrazine groups is 1. The van der Waals surface area contributed by atoms with Gasteiger partial charge >= 0.3 is 0 Å². The number of nitrogens with one attached hydrogen (secondary N) is 1.